The monoisotopic (exact) mass is 295 g/mol. The minimum Gasteiger partial charge on any atom is -0.494 e. The Morgan fingerprint density at radius 3 is 2.60 bits per heavy atom. The van der Waals surface area contributed by atoms with E-state index in [2.05, 4.69) is 33.6 Å². The van der Waals surface area contributed by atoms with Crippen molar-refractivity contribution in [3.8, 4) is 5.75 Å². The van der Waals surface area contributed by atoms with Crippen molar-refractivity contribution in [2.24, 2.45) is 4.99 Å². The molecule has 0 spiro atoms. The van der Waals surface area contributed by atoms with Crippen molar-refractivity contribution < 1.29 is 4.74 Å². The molecular formula is C15H25N3OS. The number of thioether (sulfide) groups is 1. The molecule has 0 aliphatic heterocycles. The van der Waals surface area contributed by atoms with Crippen molar-refractivity contribution in [3.63, 3.8) is 0 Å². The van der Waals surface area contributed by atoms with E-state index in [0.29, 0.717) is 6.61 Å². The lowest BCUT2D eigenvalue weighted by Gasteiger charge is -2.22. The second-order valence-electron chi connectivity index (χ2n) is 4.40. The largest absolute Gasteiger partial charge is 0.494 e. The summed E-state index contributed by atoms with van der Waals surface area (Å²) in [5.74, 6) is 2.92. The average molecular weight is 295 g/mol. The minimum absolute atomic E-state index is 0.700. The Kier molecular flexibility index (Phi) is 7.95. The Bertz CT molecular complexity index is 406. The van der Waals surface area contributed by atoms with Gasteiger partial charge in [0.1, 0.15) is 5.75 Å². The third kappa shape index (κ3) is 5.74. The third-order valence-electron chi connectivity index (χ3n) is 2.82. The highest BCUT2D eigenvalue weighted by Crippen LogP contribution is 2.13. The molecule has 0 radical (unpaired) electrons. The Morgan fingerprint density at radius 2 is 2.05 bits per heavy atom. The molecule has 0 saturated carbocycles. The number of benzene rings is 1. The normalized spacial score (nSPS) is 11.3. The van der Waals surface area contributed by atoms with Crippen molar-refractivity contribution in [1.29, 1.82) is 0 Å². The summed E-state index contributed by atoms with van der Waals surface area (Å²) in [7, 11) is 3.86. The predicted molar refractivity (Wildman–Crippen MR) is 88.8 cm³/mol. The van der Waals surface area contributed by atoms with Gasteiger partial charge in [0, 0.05) is 32.9 Å². The molecule has 1 aromatic rings. The van der Waals surface area contributed by atoms with Crippen molar-refractivity contribution in [2.45, 2.75) is 13.5 Å². The van der Waals surface area contributed by atoms with Gasteiger partial charge in [-0.25, -0.2) is 0 Å². The van der Waals surface area contributed by atoms with Gasteiger partial charge in [-0.2, -0.15) is 11.8 Å². The van der Waals surface area contributed by atoms with Crippen LogP contribution in [-0.4, -0.2) is 50.1 Å². The maximum Gasteiger partial charge on any atom is 0.193 e. The van der Waals surface area contributed by atoms with Gasteiger partial charge in [0.2, 0.25) is 0 Å². The van der Waals surface area contributed by atoms with Gasteiger partial charge in [0.05, 0.1) is 6.61 Å². The second-order valence-corrected chi connectivity index (χ2v) is 5.39. The molecular weight excluding hydrogens is 270 g/mol. The van der Waals surface area contributed by atoms with Crippen LogP contribution in [0.5, 0.6) is 5.75 Å². The zero-order valence-corrected chi connectivity index (χ0v) is 13.7. The Labute approximate surface area is 126 Å². The lowest BCUT2D eigenvalue weighted by atomic mass is 10.2. The van der Waals surface area contributed by atoms with Gasteiger partial charge in [0.15, 0.2) is 5.96 Å². The molecule has 0 unspecified atom stereocenters. The first kappa shape index (κ1) is 16.7. The number of rotatable bonds is 7. The first-order valence-electron chi connectivity index (χ1n) is 6.83. The fraction of sp³-hybridized carbons (Fsp3) is 0.533. The van der Waals surface area contributed by atoms with E-state index in [1.165, 1.54) is 5.56 Å². The van der Waals surface area contributed by atoms with Crippen LogP contribution in [0, 0.1) is 0 Å². The van der Waals surface area contributed by atoms with E-state index in [0.717, 1.165) is 30.6 Å². The van der Waals surface area contributed by atoms with Crippen LogP contribution in [-0.2, 0) is 6.54 Å². The summed E-state index contributed by atoms with van der Waals surface area (Å²) in [6, 6.07) is 8.21. The Morgan fingerprint density at radius 1 is 1.35 bits per heavy atom. The fourth-order valence-electron chi connectivity index (χ4n) is 1.86. The van der Waals surface area contributed by atoms with Crippen LogP contribution in [0.15, 0.2) is 29.3 Å². The smallest absolute Gasteiger partial charge is 0.193 e. The van der Waals surface area contributed by atoms with Gasteiger partial charge in [-0.05, 0) is 30.9 Å². The van der Waals surface area contributed by atoms with Crippen molar-refractivity contribution >= 4 is 17.7 Å². The zero-order chi connectivity index (χ0) is 14.8. The van der Waals surface area contributed by atoms with E-state index in [1.807, 2.05) is 44.9 Å². The topological polar surface area (TPSA) is 36.9 Å². The van der Waals surface area contributed by atoms with Crippen LogP contribution >= 0.6 is 11.8 Å². The number of hydrogen-bond acceptors (Lipinski definition) is 3. The molecule has 1 aromatic carbocycles. The van der Waals surface area contributed by atoms with Gasteiger partial charge in [-0.3, -0.25) is 4.99 Å². The van der Waals surface area contributed by atoms with Crippen LogP contribution < -0.4 is 10.1 Å². The molecule has 0 aliphatic carbocycles. The van der Waals surface area contributed by atoms with Gasteiger partial charge < -0.3 is 15.0 Å². The number of nitrogens with one attached hydrogen (secondary N) is 1. The quantitative estimate of drug-likeness (QED) is 0.476. The van der Waals surface area contributed by atoms with Gasteiger partial charge in [-0.15, -0.1) is 0 Å². The maximum atomic E-state index is 5.45. The summed E-state index contributed by atoms with van der Waals surface area (Å²) >= 11 is 1.83. The van der Waals surface area contributed by atoms with Crippen molar-refractivity contribution in [1.82, 2.24) is 10.2 Å². The highest BCUT2D eigenvalue weighted by Gasteiger charge is 2.06. The highest BCUT2D eigenvalue weighted by molar-refractivity contribution is 7.98. The fourth-order valence-corrected chi connectivity index (χ4v) is 2.16. The van der Waals surface area contributed by atoms with Crippen LogP contribution in [0.2, 0.25) is 0 Å². The minimum atomic E-state index is 0.700. The van der Waals surface area contributed by atoms with Crippen LogP contribution in [0.25, 0.3) is 0 Å². The van der Waals surface area contributed by atoms with E-state index in [-0.39, 0.29) is 0 Å². The maximum absolute atomic E-state index is 5.45. The van der Waals surface area contributed by atoms with E-state index in [9.17, 15) is 0 Å². The van der Waals surface area contributed by atoms with E-state index < -0.39 is 0 Å². The summed E-state index contributed by atoms with van der Waals surface area (Å²) in [4.78, 5) is 6.42. The van der Waals surface area contributed by atoms with E-state index in [1.54, 1.807) is 0 Å². The average Bonchev–Trinajstić information content (AvgIpc) is 2.46. The molecule has 1 rings (SSSR count). The molecule has 112 valence electrons. The SMILES string of the molecule is CCOc1ccc(CN(C)C(=NC)NCCSC)cc1. The molecule has 0 aromatic heterocycles. The Balaban J connectivity index is 2.52. The van der Waals surface area contributed by atoms with E-state index in [4.69, 9.17) is 4.74 Å². The van der Waals surface area contributed by atoms with Crippen LogP contribution in [0.3, 0.4) is 0 Å². The lowest BCUT2D eigenvalue weighted by Crippen LogP contribution is -2.39. The number of aliphatic imine (C=N–C) groups is 1. The molecule has 1 N–H and O–H groups in total. The van der Waals surface area contributed by atoms with Crippen molar-refractivity contribution in [2.75, 3.05) is 39.3 Å². The van der Waals surface area contributed by atoms with Crippen LogP contribution in [0.4, 0.5) is 0 Å². The summed E-state index contributed by atoms with van der Waals surface area (Å²) in [5, 5.41) is 3.35. The molecule has 0 aliphatic rings. The summed E-state index contributed by atoms with van der Waals surface area (Å²) in [6.45, 7) is 4.45. The molecule has 4 nitrogen and oxygen atoms in total. The molecule has 0 amide bonds. The molecule has 0 fully saturated rings. The van der Waals surface area contributed by atoms with Gasteiger partial charge in [-0.1, -0.05) is 12.1 Å². The second kappa shape index (κ2) is 9.53. The third-order valence-corrected chi connectivity index (χ3v) is 3.43. The molecule has 0 bridgehead atoms. The lowest BCUT2D eigenvalue weighted by molar-refractivity contribution is 0.340. The van der Waals surface area contributed by atoms with E-state index >= 15 is 0 Å². The highest BCUT2D eigenvalue weighted by atomic mass is 32.2. The predicted octanol–water partition coefficient (Wildman–Crippen LogP) is 2.46. The Hall–Kier alpha value is -1.36. The molecule has 5 heteroatoms. The van der Waals surface area contributed by atoms with Gasteiger partial charge >= 0.3 is 0 Å². The number of ether oxygens (including phenoxy) is 1. The first-order chi connectivity index (χ1) is 9.71. The molecule has 0 atom stereocenters. The molecule has 20 heavy (non-hydrogen) atoms. The molecule has 0 heterocycles. The number of nitrogens with zero attached hydrogens (tertiary/aromatic N) is 2. The first-order valence-corrected chi connectivity index (χ1v) is 8.23. The number of guanidine groups is 1. The zero-order valence-electron chi connectivity index (χ0n) is 12.8. The van der Waals surface area contributed by atoms with Gasteiger partial charge in [0.25, 0.3) is 0 Å². The number of hydrogen-bond donors (Lipinski definition) is 1. The summed E-state index contributed by atoms with van der Waals surface area (Å²) in [6.07, 6.45) is 2.11. The molecule has 0 saturated heterocycles. The summed E-state index contributed by atoms with van der Waals surface area (Å²) in [5.41, 5.74) is 1.24. The standard InChI is InChI=1S/C15H25N3OS/c1-5-19-14-8-6-13(7-9-14)12-18(3)15(16-2)17-10-11-20-4/h6-9H,5,10-12H2,1-4H3,(H,16,17). The van der Waals surface area contributed by atoms with Crippen LogP contribution in [0.1, 0.15) is 12.5 Å². The summed E-state index contributed by atoms with van der Waals surface area (Å²) < 4.78 is 5.45. The van der Waals surface area contributed by atoms with Crippen molar-refractivity contribution in [3.05, 3.63) is 29.8 Å².